The Balaban J connectivity index is 1.59. The molecule has 1 fully saturated rings. The summed E-state index contributed by atoms with van der Waals surface area (Å²) in [4.78, 5) is 16.4. The van der Waals surface area contributed by atoms with Crippen LogP contribution in [0.1, 0.15) is 12.8 Å². The van der Waals surface area contributed by atoms with Crippen molar-refractivity contribution in [3.8, 4) is 0 Å². The van der Waals surface area contributed by atoms with Gasteiger partial charge in [0.25, 0.3) is 0 Å². The van der Waals surface area contributed by atoms with Gasteiger partial charge in [0.15, 0.2) is 0 Å². The van der Waals surface area contributed by atoms with Crippen molar-refractivity contribution >= 4 is 17.5 Å². The molecule has 2 heterocycles. The van der Waals surface area contributed by atoms with Crippen molar-refractivity contribution in [1.82, 2.24) is 24.9 Å². The van der Waals surface area contributed by atoms with E-state index < -0.39 is 0 Å². The van der Waals surface area contributed by atoms with Crippen molar-refractivity contribution in [3.63, 3.8) is 0 Å². The number of aromatic nitrogens is 2. The number of hydrogen-bond donors (Lipinski definition) is 1. The molecule has 1 aromatic rings. The van der Waals surface area contributed by atoms with Crippen LogP contribution in [0.2, 0.25) is 5.02 Å². The minimum atomic E-state index is 0.0893. The first-order valence-corrected chi connectivity index (χ1v) is 7.76. The SMILES string of the molecule is CN1CCC(N(C)CCC(=O)NCCn2cc(Cl)cn2)C1. The Bertz CT molecular complexity index is 464. The highest BCUT2D eigenvalue weighted by Crippen LogP contribution is 2.12. The van der Waals surface area contributed by atoms with E-state index in [-0.39, 0.29) is 5.91 Å². The van der Waals surface area contributed by atoms with Gasteiger partial charge in [0.05, 0.1) is 17.8 Å². The standard InChI is InChI=1S/C14H24ClN5O/c1-18-6-3-13(11-18)19(2)7-4-14(21)16-5-8-20-10-12(15)9-17-20/h9-10,13H,3-8,11H2,1-2H3,(H,16,21). The fraction of sp³-hybridized carbons (Fsp3) is 0.714. The van der Waals surface area contributed by atoms with E-state index >= 15 is 0 Å². The number of carbonyl (C=O) groups excluding carboxylic acids is 1. The van der Waals surface area contributed by atoms with Gasteiger partial charge in [0.2, 0.25) is 5.91 Å². The van der Waals surface area contributed by atoms with Crippen molar-refractivity contribution < 1.29 is 4.79 Å². The van der Waals surface area contributed by atoms with E-state index in [1.807, 2.05) is 0 Å². The first-order valence-electron chi connectivity index (χ1n) is 7.38. The number of rotatable bonds is 7. The fourth-order valence-electron chi connectivity index (χ4n) is 2.59. The molecule has 1 saturated heterocycles. The molecule has 1 amide bonds. The number of amides is 1. The van der Waals surface area contributed by atoms with Crippen molar-refractivity contribution in [2.24, 2.45) is 0 Å². The maximum Gasteiger partial charge on any atom is 0.221 e. The van der Waals surface area contributed by atoms with E-state index in [1.165, 1.54) is 6.42 Å². The normalized spacial score (nSPS) is 19.3. The smallest absolute Gasteiger partial charge is 0.221 e. The number of halogens is 1. The number of nitrogens with one attached hydrogen (secondary N) is 1. The van der Waals surface area contributed by atoms with Gasteiger partial charge in [-0.1, -0.05) is 11.6 Å². The van der Waals surface area contributed by atoms with Crippen LogP contribution >= 0.6 is 11.6 Å². The van der Waals surface area contributed by atoms with Crippen molar-refractivity contribution in [2.45, 2.75) is 25.4 Å². The molecule has 2 rings (SSSR count). The Morgan fingerprint density at radius 2 is 2.43 bits per heavy atom. The highest BCUT2D eigenvalue weighted by molar-refractivity contribution is 6.30. The molecule has 21 heavy (non-hydrogen) atoms. The van der Waals surface area contributed by atoms with E-state index in [2.05, 4.69) is 34.3 Å². The van der Waals surface area contributed by atoms with Gasteiger partial charge in [0, 0.05) is 38.3 Å². The Kier molecular flexibility index (Phi) is 6.02. The zero-order valence-corrected chi connectivity index (χ0v) is 13.5. The minimum Gasteiger partial charge on any atom is -0.354 e. The maximum absolute atomic E-state index is 11.8. The first kappa shape index (κ1) is 16.3. The Morgan fingerprint density at radius 3 is 3.05 bits per heavy atom. The lowest BCUT2D eigenvalue weighted by molar-refractivity contribution is -0.121. The van der Waals surface area contributed by atoms with Gasteiger partial charge < -0.3 is 15.1 Å². The predicted octanol–water partition coefficient (Wildman–Crippen LogP) is 0.679. The number of hydrogen-bond acceptors (Lipinski definition) is 4. The fourth-order valence-corrected chi connectivity index (χ4v) is 2.75. The quantitative estimate of drug-likeness (QED) is 0.804. The summed E-state index contributed by atoms with van der Waals surface area (Å²) in [5.74, 6) is 0.0893. The number of likely N-dealkylation sites (tertiary alicyclic amines) is 1. The summed E-state index contributed by atoms with van der Waals surface area (Å²) in [5.41, 5.74) is 0. The molecule has 1 aliphatic rings. The molecule has 1 atom stereocenters. The van der Waals surface area contributed by atoms with Gasteiger partial charge in [-0.15, -0.1) is 0 Å². The summed E-state index contributed by atoms with van der Waals surface area (Å²) in [7, 11) is 4.24. The number of likely N-dealkylation sites (N-methyl/N-ethyl adjacent to an activating group) is 2. The van der Waals surface area contributed by atoms with Crippen molar-refractivity contribution in [1.29, 1.82) is 0 Å². The van der Waals surface area contributed by atoms with Crippen LogP contribution in [0.5, 0.6) is 0 Å². The van der Waals surface area contributed by atoms with Gasteiger partial charge >= 0.3 is 0 Å². The van der Waals surface area contributed by atoms with Gasteiger partial charge in [0.1, 0.15) is 0 Å². The van der Waals surface area contributed by atoms with Gasteiger partial charge in [-0.25, -0.2) is 0 Å². The summed E-state index contributed by atoms with van der Waals surface area (Å²) >= 11 is 5.78. The van der Waals surface area contributed by atoms with Crippen LogP contribution in [0, 0.1) is 0 Å². The molecule has 6 nitrogen and oxygen atoms in total. The predicted molar refractivity (Wildman–Crippen MR) is 83.4 cm³/mol. The average Bonchev–Trinajstić information content (AvgIpc) is 3.05. The molecule has 0 bridgehead atoms. The lowest BCUT2D eigenvalue weighted by atomic mass is 10.2. The van der Waals surface area contributed by atoms with Crippen LogP contribution in [-0.4, -0.2) is 71.8 Å². The minimum absolute atomic E-state index is 0.0893. The van der Waals surface area contributed by atoms with Crippen LogP contribution in [0.3, 0.4) is 0 Å². The van der Waals surface area contributed by atoms with E-state index in [4.69, 9.17) is 11.6 Å². The molecular weight excluding hydrogens is 290 g/mol. The largest absolute Gasteiger partial charge is 0.354 e. The molecule has 118 valence electrons. The van der Waals surface area contributed by atoms with E-state index in [9.17, 15) is 4.79 Å². The number of nitrogens with zero attached hydrogens (tertiary/aromatic N) is 4. The highest BCUT2D eigenvalue weighted by Gasteiger charge is 2.23. The molecule has 1 unspecified atom stereocenters. The Hall–Kier alpha value is -1.11. The Labute approximate surface area is 131 Å². The summed E-state index contributed by atoms with van der Waals surface area (Å²) in [6.45, 7) is 4.26. The van der Waals surface area contributed by atoms with Crippen molar-refractivity contribution in [2.75, 3.05) is 40.3 Å². The zero-order valence-electron chi connectivity index (χ0n) is 12.8. The first-order chi connectivity index (χ1) is 10.0. The van der Waals surface area contributed by atoms with Crippen LogP contribution < -0.4 is 5.32 Å². The number of carbonyl (C=O) groups is 1. The summed E-state index contributed by atoms with van der Waals surface area (Å²) in [5, 5.41) is 7.60. The van der Waals surface area contributed by atoms with Crippen LogP contribution in [0.25, 0.3) is 0 Å². The second kappa shape index (κ2) is 7.77. The van der Waals surface area contributed by atoms with Gasteiger partial charge in [-0.05, 0) is 27.1 Å². The maximum atomic E-state index is 11.8. The Morgan fingerprint density at radius 1 is 1.62 bits per heavy atom. The van der Waals surface area contributed by atoms with Crippen molar-refractivity contribution in [3.05, 3.63) is 17.4 Å². The summed E-state index contributed by atoms with van der Waals surface area (Å²) < 4.78 is 1.73. The van der Waals surface area contributed by atoms with Gasteiger partial charge in [-0.3, -0.25) is 9.48 Å². The third kappa shape index (κ3) is 5.30. The van der Waals surface area contributed by atoms with E-state index in [0.29, 0.717) is 30.6 Å². The molecule has 0 spiro atoms. The molecule has 1 N–H and O–H groups in total. The average molecular weight is 314 g/mol. The second-order valence-corrected chi connectivity index (χ2v) is 6.14. The van der Waals surface area contributed by atoms with Crippen LogP contribution in [0.15, 0.2) is 12.4 Å². The van der Waals surface area contributed by atoms with E-state index in [1.54, 1.807) is 17.1 Å². The van der Waals surface area contributed by atoms with Crippen LogP contribution in [0.4, 0.5) is 0 Å². The molecule has 0 saturated carbocycles. The van der Waals surface area contributed by atoms with E-state index in [0.717, 1.165) is 19.6 Å². The molecule has 0 radical (unpaired) electrons. The molecule has 0 aromatic carbocycles. The third-order valence-electron chi connectivity index (χ3n) is 3.95. The topological polar surface area (TPSA) is 53.4 Å². The third-order valence-corrected chi connectivity index (χ3v) is 4.14. The molecule has 0 aliphatic carbocycles. The monoisotopic (exact) mass is 313 g/mol. The van der Waals surface area contributed by atoms with Crippen LogP contribution in [-0.2, 0) is 11.3 Å². The lowest BCUT2D eigenvalue weighted by Gasteiger charge is -2.23. The summed E-state index contributed by atoms with van der Waals surface area (Å²) in [6, 6.07) is 0.578. The molecular formula is C14H24ClN5O. The summed E-state index contributed by atoms with van der Waals surface area (Å²) in [6.07, 6.45) is 5.07. The lowest BCUT2D eigenvalue weighted by Crippen LogP contribution is -2.37. The molecule has 1 aliphatic heterocycles. The highest BCUT2D eigenvalue weighted by atomic mass is 35.5. The molecule has 1 aromatic heterocycles. The molecule has 7 heteroatoms. The second-order valence-electron chi connectivity index (χ2n) is 5.71. The zero-order chi connectivity index (χ0) is 15.2. The van der Waals surface area contributed by atoms with Gasteiger partial charge in [-0.2, -0.15) is 5.10 Å².